The van der Waals surface area contributed by atoms with E-state index < -0.39 is 11.9 Å². The van der Waals surface area contributed by atoms with Gasteiger partial charge < -0.3 is 23.6 Å². The normalized spacial score (nSPS) is 15.5. The minimum Gasteiger partial charge on any atom is -0.503 e. The first kappa shape index (κ1) is 19.4. The van der Waals surface area contributed by atoms with Gasteiger partial charge in [-0.2, -0.15) is 0 Å². The predicted molar refractivity (Wildman–Crippen MR) is 115 cm³/mol. The lowest BCUT2D eigenvalue weighted by molar-refractivity contribution is 0.0701. The van der Waals surface area contributed by atoms with Crippen molar-refractivity contribution in [2.45, 2.75) is 12.6 Å². The molecule has 156 valence electrons. The van der Waals surface area contributed by atoms with Crippen LogP contribution in [-0.4, -0.2) is 23.0 Å². The minimum absolute atomic E-state index is 0.00317. The number of phenolic OH excluding ortho intramolecular Hbond substituents is 1. The van der Waals surface area contributed by atoms with Crippen LogP contribution in [0.1, 0.15) is 33.5 Å². The van der Waals surface area contributed by atoms with Gasteiger partial charge in [0, 0.05) is 0 Å². The van der Waals surface area contributed by atoms with Crippen molar-refractivity contribution in [3.63, 3.8) is 0 Å². The second-order valence-electron chi connectivity index (χ2n) is 7.14. The van der Waals surface area contributed by atoms with E-state index in [0.29, 0.717) is 26.8 Å². The molecular weight excluding hydrogens is 466 g/mol. The van der Waals surface area contributed by atoms with E-state index in [1.54, 1.807) is 48.5 Å². The zero-order valence-corrected chi connectivity index (χ0v) is 17.9. The number of hydrogen-bond acceptors (Lipinski definition) is 6. The number of aromatic hydroxyl groups is 1. The molecule has 1 aliphatic rings. The lowest BCUT2D eigenvalue weighted by Crippen LogP contribution is -2.29. The van der Waals surface area contributed by atoms with Gasteiger partial charge in [0.05, 0.1) is 41.4 Å². The topological polar surface area (TPSA) is 93.1 Å². The summed E-state index contributed by atoms with van der Waals surface area (Å²) in [6.45, 7) is 0.136. The molecule has 7 nitrogen and oxygen atoms in total. The van der Waals surface area contributed by atoms with Crippen molar-refractivity contribution < 1.29 is 23.5 Å². The number of amides is 1. The molecule has 0 saturated heterocycles. The van der Waals surface area contributed by atoms with Gasteiger partial charge in [-0.3, -0.25) is 9.59 Å². The Morgan fingerprint density at radius 2 is 1.97 bits per heavy atom. The standard InChI is InChI=1S/C23H16BrNO6/c1-29-17-10-12(9-15(24)21(17)27)19-18-20(26)14-6-2-3-7-16(14)31-22(18)23(28)25(19)11-13-5-4-8-30-13/h2-10,19,27H,11H2,1H3/t19-/m0/s1. The zero-order valence-electron chi connectivity index (χ0n) is 16.3. The zero-order chi connectivity index (χ0) is 21.7. The van der Waals surface area contributed by atoms with Gasteiger partial charge in [-0.25, -0.2) is 0 Å². The number of benzene rings is 2. The lowest BCUT2D eigenvalue weighted by Gasteiger charge is -2.25. The molecule has 5 rings (SSSR count). The highest BCUT2D eigenvalue weighted by Crippen LogP contribution is 2.44. The molecule has 4 aromatic rings. The predicted octanol–water partition coefficient (Wildman–Crippen LogP) is 4.61. The first-order valence-electron chi connectivity index (χ1n) is 9.45. The fraction of sp³-hybridized carbons (Fsp3) is 0.130. The third kappa shape index (κ3) is 3.02. The summed E-state index contributed by atoms with van der Waals surface area (Å²) in [5.41, 5.74) is 0.903. The van der Waals surface area contributed by atoms with E-state index in [0.717, 1.165) is 0 Å². The molecule has 0 aliphatic carbocycles. The molecule has 0 fully saturated rings. The number of fused-ring (bicyclic) bond motifs is 2. The smallest absolute Gasteiger partial charge is 0.291 e. The highest BCUT2D eigenvalue weighted by atomic mass is 79.9. The molecule has 0 radical (unpaired) electrons. The van der Waals surface area contributed by atoms with Crippen LogP contribution in [0.4, 0.5) is 0 Å². The Bertz CT molecular complexity index is 1380. The fourth-order valence-corrected chi connectivity index (χ4v) is 4.41. The number of methoxy groups -OCH3 is 1. The van der Waals surface area contributed by atoms with Gasteiger partial charge in [0.15, 0.2) is 16.9 Å². The van der Waals surface area contributed by atoms with Gasteiger partial charge in [0.2, 0.25) is 5.76 Å². The van der Waals surface area contributed by atoms with Crippen molar-refractivity contribution in [2.75, 3.05) is 7.11 Å². The number of rotatable bonds is 4. The number of hydrogen-bond donors (Lipinski definition) is 1. The minimum atomic E-state index is -0.751. The summed E-state index contributed by atoms with van der Waals surface area (Å²) in [6.07, 6.45) is 1.52. The second kappa shape index (κ2) is 7.31. The number of para-hydroxylation sites is 1. The molecule has 2 aromatic heterocycles. The SMILES string of the molecule is COc1cc([C@H]2c3c(oc4ccccc4c3=O)C(=O)N2Cc2ccco2)cc(Br)c1O. The average Bonchev–Trinajstić information content (AvgIpc) is 3.38. The summed E-state index contributed by atoms with van der Waals surface area (Å²) >= 11 is 3.33. The highest BCUT2D eigenvalue weighted by Gasteiger charge is 2.43. The number of carbonyl (C=O) groups excluding carboxylic acids is 1. The number of furan rings is 1. The van der Waals surface area contributed by atoms with Crippen LogP contribution >= 0.6 is 15.9 Å². The Balaban J connectivity index is 1.77. The van der Waals surface area contributed by atoms with Crippen molar-refractivity contribution >= 4 is 32.8 Å². The van der Waals surface area contributed by atoms with E-state index in [9.17, 15) is 14.7 Å². The summed E-state index contributed by atoms with van der Waals surface area (Å²) in [5.74, 6) is 0.297. The van der Waals surface area contributed by atoms with Gasteiger partial charge >= 0.3 is 0 Å². The third-order valence-corrected chi connectivity index (χ3v) is 5.97. The monoisotopic (exact) mass is 481 g/mol. The molecule has 0 spiro atoms. The van der Waals surface area contributed by atoms with Crippen molar-refractivity contribution in [1.29, 1.82) is 0 Å². The van der Waals surface area contributed by atoms with Crippen LogP contribution in [0.25, 0.3) is 11.0 Å². The molecule has 0 bridgehead atoms. The first-order valence-corrected chi connectivity index (χ1v) is 10.2. The van der Waals surface area contributed by atoms with Gasteiger partial charge in [-0.1, -0.05) is 12.1 Å². The van der Waals surface area contributed by atoms with Gasteiger partial charge in [0.1, 0.15) is 11.3 Å². The van der Waals surface area contributed by atoms with Crippen LogP contribution in [0.15, 0.2) is 72.9 Å². The van der Waals surface area contributed by atoms with Crippen LogP contribution in [0.3, 0.4) is 0 Å². The Kier molecular flexibility index (Phi) is 4.59. The molecule has 8 heteroatoms. The Hall–Kier alpha value is -3.52. The molecule has 0 unspecified atom stereocenters. The molecule has 1 N–H and O–H groups in total. The van der Waals surface area contributed by atoms with E-state index >= 15 is 0 Å². The summed E-state index contributed by atoms with van der Waals surface area (Å²) in [5, 5.41) is 10.6. The molecule has 1 aliphatic heterocycles. The maximum absolute atomic E-state index is 13.4. The number of phenols is 1. The number of carbonyl (C=O) groups is 1. The van der Waals surface area contributed by atoms with E-state index in [2.05, 4.69) is 15.9 Å². The van der Waals surface area contributed by atoms with Gasteiger partial charge in [-0.15, -0.1) is 0 Å². The lowest BCUT2D eigenvalue weighted by atomic mass is 9.98. The largest absolute Gasteiger partial charge is 0.503 e. The first-order chi connectivity index (χ1) is 15.0. The molecule has 0 saturated carbocycles. The van der Waals surface area contributed by atoms with E-state index in [1.807, 2.05) is 0 Å². The van der Waals surface area contributed by atoms with Crippen LogP contribution in [0.5, 0.6) is 11.5 Å². The summed E-state index contributed by atoms with van der Waals surface area (Å²) < 4.78 is 17.0. The van der Waals surface area contributed by atoms with E-state index in [1.165, 1.54) is 18.3 Å². The fourth-order valence-electron chi connectivity index (χ4n) is 3.95. The summed E-state index contributed by atoms with van der Waals surface area (Å²) in [7, 11) is 1.43. The van der Waals surface area contributed by atoms with E-state index in [4.69, 9.17) is 13.6 Å². The second-order valence-corrected chi connectivity index (χ2v) is 7.99. The van der Waals surface area contributed by atoms with E-state index in [-0.39, 0.29) is 34.8 Å². The number of nitrogens with zero attached hydrogens (tertiary/aromatic N) is 1. The maximum Gasteiger partial charge on any atom is 0.291 e. The van der Waals surface area contributed by atoms with Crippen LogP contribution in [-0.2, 0) is 6.54 Å². The number of ether oxygens (including phenoxy) is 1. The summed E-state index contributed by atoms with van der Waals surface area (Å²) in [6, 6.07) is 12.8. The molecule has 2 aromatic carbocycles. The Morgan fingerprint density at radius 1 is 1.16 bits per heavy atom. The van der Waals surface area contributed by atoms with Crippen molar-refractivity contribution in [1.82, 2.24) is 4.90 Å². The maximum atomic E-state index is 13.4. The molecule has 3 heterocycles. The van der Waals surface area contributed by atoms with Gasteiger partial charge in [-0.05, 0) is 57.9 Å². The van der Waals surface area contributed by atoms with Crippen molar-refractivity contribution in [2.24, 2.45) is 0 Å². The molecule has 1 atom stereocenters. The van der Waals surface area contributed by atoms with Crippen molar-refractivity contribution in [3.05, 3.63) is 92.1 Å². The van der Waals surface area contributed by atoms with Crippen LogP contribution < -0.4 is 10.2 Å². The third-order valence-electron chi connectivity index (χ3n) is 5.37. The van der Waals surface area contributed by atoms with Crippen LogP contribution in [0, 0.1) is 0 Å². The Morgan fingerprint density at radius 3 is 2.71 bits per heavy atom. The van der Waals surface area contributed by atoms with Crippen molar-refractivity contribution in [3.8, 4) is 11.5 Å². The Labute approximate surface area is 184 Å². The molecule has 31 heavy (non-hydrogen) atoms. The highest BCUT2D eigenvalue weighted by molar-refractivity contribution is 9.10. The quantitative estimate of drug-likeness (QED) is 0.457. The average molecular weight is 482 g/mol. The van der Waals surface area contributed by atoms with Crippen LogP contribution in [0.2, 0.25) is 0 Å². The molecular formula is C23H16BrNO6. The number of halogens is 1. The molecule has 1 amide bonds. The summed E-state index contributed by atoms with van der Waals surface area (Å²) in [4.78, 5) is 28.3. The van der Waals surface area contributed by atoms with Gasteiger partial charge in [0.25, 0.3) is 5.91 Å².